The van der Waals surface area contributed by atoms with Gasteiger partial charge in [0.1, 0.15) is 12.2 Å². The summed E-state index contributed by atoms with van der Waals surface area (Å²) < 4.78 is 16.6. The Morgan fingerprint density at radius 1 is 0.943 bits per heavy atom. The van der Waals surface area contributed by atoms with E-state index in [0.717, 1.165) is 31.1 Å². The van der Waals surface area contributed by atoms with Gasteiger partial charge in [-0.3, -0.25) is 0 Å². The fourth-order valence-corrected chi connectivity index (χ4v) is 8.53. The van der Waals surface area contributed by atoms with E-state index in [-0.39, 0.29) is 18.3 Å². The van der Waals surface area contributed by atoms with Crippen LogP contribution in [0.15, 0.2) is 0 Å². The highest BCUT2D eigenvalue weighted by molar-refractivity contribution is 7.54. The van der Waals surface area contributed by atoms with Gasteiger partial charge in [0, 0.05) is 13.0 Å². The molecule has 208 valence electrons. The minimum absolute atomic E-state index is 0.0668. The quantitative estimate of drug-likeness (QED) is 0.115. The summed E-state index contributed by atoms with van der Waals surface area (Å²) in [6.45, 7) is 11.8. The molecule has 0 bridgehead atoms. The summed E-state index contributed by atoms with van der Waals surface area (Å²) in [7, 11) is -3.79. The molecule has 1 aliphatic heterocycles. The molecule has 2 aliphatic rings. The first-order chi connectivity index (χ1) is 16.8. The molecule has 0 aromatic carbocycles. The minimum Gasteiger partial charge on any atom is -0.375 e. The number of unbranched alkanes of at least 4 members (excludes halogenated alkanes) is 4. The van der Waals surface area contributed by atoms with Crippen molar-refractivity contribution in [1.82, 2.24) is 0 Å². The van der Waals surface area contributed by atoms with E-state index in [1.807, 2.05) is 13.8 Å². The molecule has 1 saturated carbocycles. The monoisotopic (exact) mass is 517 g/mol. The van der Waals surface area contributed by atoms with Crippen molar-refractivity contribution >= 4 is 8.17 Å². The van der Waals surface area contributed by atoms with Crippen LogP contribution < -0.4 is 0 Å². The summed E-state index contributed by atoms with van der Waals surface area (Å²) in [5.41, 5.74) is 0.584. The van der Waals surface area contributed by atoms with Crippen LogP contribution in [0.4, 0.5) is 0 Å². The van der Waals surface area contributed by atoms with Gasteiger partial charge in [-0.15, -0.1) is 4.52 Å². The first-order valence-electron chi connectivity index (χ1n) is 15.1. The maximum atomic E-state index is 10.3. The lowest BCUT2D eigenvalue weighted by molar-refractivity contribution is 0.00781. The van der Waals surface area contributed by atoms with Crippen LogP contribution in [-0.4, -0.2) is 34.7 Å². The van der Waals surface area contributed by atoms with Crippen molar-refractivity contribution in [3.8, 4) is 0 Å². The molecule has 5 nitrogen and oxygen atoms in total. The number of hydrogen-bond donors (Lipinski definition) is 2. The Labute approximate surface area is 217 Å². The minimum atomic E-state index is -3.79. The largest absolute Gasteiger partial charge is 0.570 e. The van der Waals surface area contributed by atoms with E-state index < -0.39 is 8.17 Å². The summed E-state index contributed by atoms with van der Waals surface area (Å²) in [4.78, 5) is 20.6. The first kappa shape index (κ1) is 31.4. The Morgan fingerprint density at radius 2 is 1.66 bits per heavy atom. The van der Waals surface area contributed by atoms with Crippen LogP contribution in [0.5, 0.6) is 0 Å². The zero-order chi connectivity index (χ0) is 25.7. The predicted octanol–water partition coefficient (Wildman–Crippen LogP) is 8.78. The van der Waals surface area contributed by atoms with Gasteiger partial charge in [0.25, 0.3) is 0 Å². The highest BCUT2D eigenvalue weighted by atomic mass is 31.2. The molecule has 1 saturated heterocycles. The second-order valence-electron chi connectivity index (χ2n) is 11.4. The Morgan fingerprint density at radius 3 is 2.34 bits per heavy atom. The zero-order valence-corrected chi connectivity index (χ0v) is 24.6. The maximum Gasteiger partial charge on any atom is 0.570 e. The zero-order valence-electron chi connectivity index (χ0n) is 23.7. The molecule has 2 rings (SSSR count). The van der Waals surface area contributed by atoms with E-state index in [9.17, 15) is 9.79 Å². The highest BCUT2D eigenvalue weighted by Crippen LogP contribution is 2.56. The van der Waals surface area contributed by atoms with Crippen molar-refractivity contribution in [2.24, 2.45) is 17.3 Å². The van der Waals surface area contributed by atoms with E-state index in [4.69, 9.17) is 13.8 Å². The van der Waals surface area contributed by atoms with Crippen LogP contribution in [0.1, 0.15) is 144 Å². The Balaban J connectivity index is 1.65. The van der Waals surface area contributed by atoms with E-state index in [2.05, 4.69) is 20.8 Å². The lowest BCUT2D eigenvalue weighted by Gasteiger charge is -2.46. The summed E-state index contributed by atoms with van der Waals surface area (Å²) in [6, 6.07) is 0. The summed E-state index contributed by atoms with van der Waals surface area (Å²) in [6.07, 6.45) is 20.6. The highest BCUT2D eigenvalue weighted by Gasteiger charge is 2.48. The van der Waals surface area contributed by atoms with Crippen LogP contribution in [-0.2, 0) is 13.8 Å². The maximum absolute atomic E-state index is 10.3. The van der Waals surface area contributed by atoms with Gasteiger partial charge in [0.15, 0.2) is 0 Å². The molecular weight excluding hydrogens is 459 g/mol. The van der Waals surface area contributed by atoms with Gasteiger partial charge >= 0.3 is 8.17 Å². The molecule has 35 heavy (non-hydrogen) atoms. The third-order valence-electron chi connectivity index (χ3n) is 9.27. The van der Waals surface area contributed by atoms with E-state index in [1.54, 1.807) is 0 Å². The normalized spacial score (nSPS) is 29.0. The third-order valence-corrected chi connectivity index (χ3v) is 10.4. The molecule has 2 N–H and O–H groups in total. The average Bonchev–Trinajstić information content (AvgIpc) is 3.16. The second kappa shape index (κ2) is 16.2. The van der Waals surface area contributed by atoms with Crippen molar-refractivity contribution in [3.05, 3.63) is 0 Å². The Hall–Kier alpha value is 0.230. The van der Waals surface area contributed by atoms with E-state index in [0.29, 0.717) is 18.4 Å². The van der Waals surface area contributed by atoms with E-state index >= 15 is 0 Å². The molecule has 6 heteroatoms. The van der Waals surface area contributed by atoms with Crippen LogP contribution in [0.3, 0.4) is 0 Å². The van der Waals surface area contributed by atoms with Crippen LogP contribution in [0, 0.1) is 17.3 Å². The van der Waals surface area contributed by atoms with Gasteiger partial charge in [0.2, 0.25) is 0 Å². The molecule has 1 heterocycles. The molecule has 5 unspecified atom stereocenters. The SMILES string of the molecule is CCC1OCCC1O[P+](O)(O)OC(C)CCCCCCCC1CCCCCC1(CC)C(CC)CC. The molecule has 2 fully saturated rings. The number of ether oxygens (including phenoxy) is 1. The van der Waals surface area contributed by atoms with E-state index in [1.165, 1.54) is 83.5 Å². The standard InChI is InChI=1S/C29H58O5P/c1-6-25(7-2)29(9-4)22-17-13-16-20-26(29)19-15-12-10-11-14-18-24(5)33-35(30,31)34-28-21-23-32-27(28)8-3/h24-28,30-31H,6-23H2,1-5H3/q+1. The van der Waals surface area contributed by atoms with Crippen molar-refractivity contribution in [2.45, 2.75) is 162 Å². The number of rotatable bonds is 17. The Bertz CT molecular complexity index is 555. The van der Waals surface area contributed by atoms with Crippen LogP contribution in [0.25, 0.3) is 0 Å². The molecule has 0 aromatic heterocycles. The van der Waals surface area contributed by atoms with Gasteiger partial charge in [-0.25, -0.2) is 0 Å². The summed E-state index contributed by atoms with van der Waals surface area (Å²) in [5.74, 6) is 1.81. The van der Waals surface area contributed by atoms with Gasteiger partial charge < -0.3 is 4.74 Å². The molecular formula is C29H58O5P+. The second-order valence-corrected chi connectivity index (χ2v) is 12.8. The average molecular weight is 518 g/mol. The molecule has 0 aromatic rings. The lowest BCUT2D eigenvalue weighted by atomic mass is 9.59. The molecule has 5 atom stereocenters. The number of hydrogen-bond acceptors (Lipinski definition) is 5. The molecule has 1 aliphatic carbocycles. The predicted molar refractivity (Wildman–Crippen MR) is 147 cm³/mol. The van der Waals surface area contributed by atoms with Gasteiger partial charge in [-0.2, -0.15) is 14.3 Å². The van der Waals surface area contributed by atoms with Gasteiger partial charge in [-0.05, 0) is 62.7 Å². The van der Waals surface area contributed by atoms with Crippen molar-refractivity contribution in [2.75, 3.05) is 6.61 Å². The van der Waals surface area contributed by atoms with Crippen molar-refractivity contribution < 1.29 is 23.6 Å². The lowest BCUT2D eigenvalue weighted by Crippen LogP contribution is -2.37. The Kier molecular flexibility index (Phi) is 14.6. The van der Waals surface area contributed by atoms with Gasteiger partial charge in [0.05, 0.1) is 6.10 Å². The smallest absolute Gasteiger partial charge is 0.375 e. The van der Waals surface area contributed by atoms with Crippen LogP contribution >= 0.6 is 8.17 Å². The molecule has 0 amide bonds. The first-order valence-corrected chi connectivity index (χ1v) is 16.7. The fraction of sp³-hybridized carbons (Fsp3) is 1.00. The van der Waals surface area contributed by atoms with Gasteiger partial charge in [-0.1, -0.05) is 91.9 Å². The van der Waals surface area contributed by atoms with Crippen molar-refractivity contribution in [3.63, 3.8) is 0 Å². The topological polar surface area (TPSA) is 68.2 Å². The third kappa shape index (κ3) is 9.80. The molecule has 0 spiro atoms. The summed E-state index contributed by atoms with van der Waals surface area (Å²) in [5, 5.41) is 0. The molecule has 0 radical (unpaired) electrons. The fourth-order valence-electron chi connectivity index (χ4n) is 7.31. The van der Waals surface area contributed by atoms with Crippen molar-refractivity contribution in [1.29, 1.82) is 0 Å². The summed E-state index contributed by atoms with van der Waals surface area (Å²) >= 11 is 0. The van der Waals surface area contributed by atoms with Crippen LogP contribution in [0.2, 0.25) is 0 Å².